The van der Waals surface area contributed by atoms with Crippen LogP contribution in [0.1, 0.15) is 22.8 Å². The molecule has 0 bridgehead atoms. The summed E-state index contributed by atoms with van der Waals surface area (Å²) < 4.78 is 0.750. The monoisotopic (exact) mass is 366 g/mol. The maximum atomic E-state index is 12.5. The molecule has 5 heteroatoms. The lowest BCUT2D eigenvalue weighted by Crippen LogP contribution is -2.15. The summed E-state index contributed by atoms with van der Waals surface area (Å²) in [6, 6.07) is 11.0. The summed E-state index contributed by atoms with van der Waals surface area (Å²) in [4.78, 5) is 12.5. The van der Waals surface area contributed by atoms with Gasteiger partial charge in [0.25, 0.3) is 5.91 Å². The lowest BCUT2D eigenvalue weighted by atomic mass is 10.1. The summed E-state index contributed by atoms with van der Waals surface area (Å²) >= 11 is 9.30. The molecule has 0 aliphatic rings. The molecular formula is C16H16BrClN2O. The maximum absolute atomic E-state index is 12.5. The zero-order valence-corrected chi connectivity index (χ0v) is 14.2. The summed E-state index contributed by atoms with van der Waals surface area (Å²) in [7, 11) is 0. The van der Waals surface area contributed by atoms with Gasteiger partial charge in [-0.3, -0.25) is 4.79 Å². The highest BCUT2D eigenvalue weighted by molar-refractivity contribution is 9.10. The topological polar surface area (TPSA) is 41.1 Å². The molecule has 0 aliphatic heterocycles. The molecule has 0 radical (unpaired) electrons. The first kappa shape index (κ1) is 15.9. The summed E-state index contributed by atoms with van der Waals surface area (Å²) in [5.74, 6) is -0.158. The smallest absolute Gasteiger partial charge is 0.257 e. The van der Waals surface area contributed by atoms with Crippen LogP contribution >= 0.6 is 27.5 Å². The minimum absolute atomic E-state index is 0.158. The number of halogens is 2. The van der Waals surface area contributed by atoms with E-state index in [9.17, 15) is 4.79 Å². The fourth-order valence-electron chi connectivity index (χ4n) is 1.97. The van der Waals surface area contributed by atoms with Gasteiger partial charge in [-0.1, -0.05) is 17.7 Å². The van der Waals surface area contributed by atoms with Crippen LogP contribution in [-0.4, -0.2) is 12.5 Å². The van der Waals surface area contributed by atoms with Gasteiger partial charge in [0.05, 0.1) is 11.3 Å². The number of carbonyl (C=O) groups is 1. The van der Waals surface area contributed by atoms with Gasteiger partial charge in [0.1, 0.15) is 0 Å². The second-order valence-corrected chi connectivity index (χ2v) is 5.95. The number of aryl methyl sites for hydroxylation is 1. The Morgan fingerprint density at radius 3 is 2.62 bits per heavy atom. The van der Waals surface area contributed by atoms with Crippen LogP contribution in [0.5, 0.6) is 0 Å². The molecule has 0 heterocycles. The normalized spacial score (nSPS) is 10.3. The molecule has 21 heavy (non-hydrogen) atoms. The zero-order chi connectivity index (χ0) is 15.4. The van der Waals surface area contributed by atoms with E-state index in [4.69, 9.17) is 11.6 Å². The van der Waals surface area contributed by atoms with Crippen LogP contribution in [0.4, 0.5) is 11.4 Å². The summed E-state index contributed by atoms with van der Waals surface area (Å²) in [6.45, 7) is 4.76. The number of nitrogens with one attached hydrogen (secondary N) is 2. The fraction of sp³-hybridized carbons (Fsp3) is 0.188. The van der Waals surface area contributed by atoms with E-state index >= 15 is 0 Å². The fourth-order valence-corrected chi connectivity index (χ4v) is 2.76. The molecule has 1 amide bonds. The van der Waals surface area contributed by atoms with Crippen molar-refractivity contribution in [2.24, 2.45) is 0 Å². The van der Waals surface area contributed by atoms with Crippen molar-refractivity contribution >= 4 is 44.8 Å². The molecule has 0 aliphatic carbocycles. The summed E-state index contributed by atoms with van der Waals surface area (Å²) in [6.07, 6.45) is 0. The molecular weight excluding hydrogens is 352 g/mol. The molecule has 0 spiro atoms. The molecule has 0 fully saturated rings. The van der Waals surface area contributed by atoms with E-state index in [0.717, 1.165) is 22.3 Å². The lowest BCUT2D eigenvalue weighted by molar-refractivity contribution is 0.102. The van der Waals surface area contributed by atoms with E-state index in [1.165, 1.54) is 0 Å². The van der Waals surface area contributed by atoms with Crippen LogP contribution in [0.3, 0.4) is 0 Å². The summed E-state index contributed by atoms with van der Waals surface area (Å²) in [5.41, 5.74) is 3.24. The van der Waals surface area contributed by atoms with Crippen molar-refractivity contribution in [1.82, 2.24) is 0 Å². The molecule has 2 aromatic carbocycles. The van der Waals surface area contributed by atoms with E-state index in [1.54, 1.807) is 18.2 Å². The average molecular weight is 368 g/mol. The highest BCUT2D eigenvalue weighted by atomic mass is 79.9. The number of carbonyl (C=O) groups excluding carboxylic acids is 1. The van der Waals surface area contributed by atoms with Crippen molar-refractivity contribution in [2.75, 3.05) is 17.2 Å². The van der Waals surface area contributed by atoms with E-state index in [1.807, 2.05) is 32.0 Å². The van der Waals surface area contributed by atoms with Crippen LogP contribution in [0.2, 0.25) is 5.02 Å². The Morgan fingerprint density at radius 1 is 1.19 bits per heavy atom. The molecule has 2 aromatic rings. The van der Waals surface area contributed by atoms with Gasteiger partial charge < -0.3 is 10.6 Å². The second kappa shape index (κ2) is 6.96. The third-order valence-electron chi connectivity index (χ3n) is 2.97. The van der Waals surface area contributed by atoms with Crippen LogP contribution in [-0.2, 0) is 0 Å². The first-order valence-electron chi connectivity index (χ1n) is 6.62. The van der Waals surface area contributed by atoms with E-state index < -0.39 is 0 Å². The number of rotatable bonds is 4. The van der Waals surface area contributed by atoms with Crippen molar-refractivity contribution < 1.29 is 4.79 Å². The van der Waals surface area contributed by atoms with Gasteiger partial charge in [-0.25, -0.2) is 0 Å². The molecule has 2 N–H and O–H groups in total. The molecule has 110 valence electrons. The van der Waals surface area contributed by atoms with Gasteiger partial charge >= 0.3 is 0 Å². The zero-order valence-electron chi connectivity index (χ0n) is 11.8. The highest BCUT2D eigenvalue weighted by Gasteiger charge is 2.13. The molecule has 3 nitrogen and oxygen atoms in total. The van der Waals surface area contributed by atoms with E-state index in [2.05, 4.69) is 26.6 Å². The number of hydrogen-bond donors (Lipinski definition) is 2. The second-order valence-electron chi connectivity index (χ2n) is 4.66. The highest BCUT2D eigenvalue weighted by Crippen LogP contribution is 2.27. The van der Waals surface area contributed by atoms with Crippen molar-refractivity contribution in [1.29, 1.82) is 0 Å². The summed E-state index contributed by atoms with van der Waals surface area (Å²) in [5, 5.41) is 6.72. The Balaban J connectivity index is 2.28. The molecule has 0 saturated heterocycles. The van der Waals surface area contributed by atoms with Crippen LogP contribution in [0, 0.1) is 6.92 Å². The van der Waals surface area contributed by atoms with Crippen LogP contribution < -0.4 is 10.6 Å². The lowest BCUT2D eigenvalue weighted by Gasteiger charge is -2.13. The Labute approximate surface area is 137 Å². The molecule has 0 saturated carbocycles. The molecule has 0 unspecified atom stereocenters. The predicted molar refractivity (Wildman–Crippen MR) is 92.4 cm³/mol. The number of benzene rings is 2. The van der Waals surface area contributed by atoms with Crippen LogP contribution in [0.15, 0.2) is 40.9 Å². The van der Waals surface area contributed by atoms with Gasteiger partial charge in [0.15, 0.2) is 0 Å². The SMILES string of the molecule is CCNc1cc(C)ccc1C(=O)Nc1ccc(Cl)cc1Br. The Morgan fingerprint density at radius 2 is 1.95 bits per heavy atom. The van der Waals surface area contributed by atoms with E-state index in [-0.39, 0.29) is 5.91 Å². The Kier molecular flexibility index (Phi) is 5.26. The van der Waals surface area contributed by atoms with Crippen molar-refractivity contribution in [3.05, 3.63) is 57.0 Å². The molecule has 2 rings (SSSR count). The Bertz CT molecular complexity index is 673. The van der Waals surface area contributed by atoms with Crippen molar-refractivity contribution in [2.45, 2.75) is 13.8 Å². The third-order valence-corrected chi connectivity index (χ3v) is 3.86. The van der Waals surface area contributed by atoms with Gasteiger partial charge in [-0.05, 0) is 65.7 Å². The van der Waals surface area contributed by atoms with E-state index in [0.29, 0.717) is 16.3 Å². The average Bonchev–Trinajstić information content (AvgIpc) is 2.42. The molecule has 0 atom stereocenters. The third kappa shape index (κ3) is 3.99. The minimum atomic E-state index is -0.158. The predicted octanol–water partition coefficient (Wildman–Crippen LogP) is 5.10. The van der Waals surface area contributed by atoms with Gasteiger partial charge in [-0.2, -0.15) is 0 Å². The van der Waals surface area contributed by atoms with Crippen molar-refractivity contribution in [3.63, 3.8) is 0 Å². The maximum Gasteiger partial charge on any atom is 0.257 e. The Hall–Kier alpha value is -1.52. The minimum Gasteiger partial charge on any atom is -0.385 e. The number of amides is 1. The van der Waals surface area contributed by atoms with Gasteiger partial charge in [0, 0.05) is 21.7 Å². The first-order chi connectivity index (χ1) is 10.0. The van der Waals surface area contributed by atoms with Crippen LogP contribution in [0.25, 0.3) is 0 Å². The van der Waals surface area contributed by atoms with Crippen molar-refractivity contribution in [3.8, 4) is 0 Å². The largest absolute Gasteiger partial charge is 0.385 e. The van der Waals surface area contributed by atoms with Gasteiger partial charge in [0.2, 0.25) is 0 Å². The van der Waals surface area contributed by atoms with Gasteiger partial charge in [-0.15, -0.1) is 0 Å². The first-order valence-corrected chi connectivity index (χ1v) is 7.79. The quantitative estimate of drug-likeness (QED) is 0.790. The number of anilines is 2. The standard InChI is InChI=1S/C16H16BrClN2O/c1-3-19-15-8-10(2)4-6-12(15)16(21)20-14-7-5-11(18)9-13(14)17/h4-9,19H,3H2,1-2H3,(H,20,21). The molecule has 0 aromatic heterocycles. The number of hydrogen-bond acceptors (Lipinski definition) is 2.